The first kappa shape index (κ1) is 27.0. The van der Waals surface area contributed by atoms with Crippen molar-refractivity contribution in [3.8, 4) is 11.5 Å². The van der Waals surface area contributed by atoms with E-state index in [0.717, 1.165) is 16.0 Å². The van der Waals surface area contributed by atoms with Gasteiger partial charge in [0.05, 0.1) is 12.3 Å². The van der Waals surface area contributed by atoms with E-state index in [0.29, 0.717) is 35.1 Å². The highest BCUT2D eigenvalue weighted by atomic mass is 35.5. The number of carbonyl (C=O) groups excluding carboxylic acids is 2. The van der Waals surface area contributed by atoms with Crippen molar-refractivity contribution in [3.63, 3.8) is 0 Å². The van der Waals surface area contributed by atoms with Gasteiger partial charge in [0, 0.05) is 10.6 Å². The van der Waals surface area contributed by atoms with Crippen molar-refractivity contribution in [2.24, 2.45) is 0 Å². The molecule has 38 heavy (non-hydrogen) atoms. The molecule has 1 fully saturated rings. The molecule has 3 aromatic rings. The van der Waals surface area contributed by atoms with Crippen molar-refractivity contribution < 1.29 is 23.5 Å². The summed E-state index contributed by atoms with van der Waals surface area (Å²) in [5, 5.41) is 2.90. The van der Waals surface area contributed by atoms with Crippen LogP contribution in [0.15, 0.2) is 78.9 Å². The lowest BCUT2D eigenvalue weighted by Crippen LogP contribution is -2.54. The number of thiocarbonyl (C=S) groups is 1. The van der Waals surface area contributed by atoms with E-state index in [1.54, 1.807) is 36.4 Å². The lowest BCUT2D eigenvalue weighted by Gasteiger charge is -2.29. The van der Waals surface area contributed by atoms with Gasteiger partial charge in [-0.3, -0.25) is 14.9 Å². The van der Waals surface area contributed by atoms with Crippen LogP contribution in [-0.2, 0) is 22.6 Å². The van der Waals surface area contributed by atoms with Gasteiger partial charge in [-0.15, -0.1) is 6.58 Å². The van der Waals surface area contributed by atoms with Gasteiger partial charge in [-0.05, 0) is 79.2 Å². The minimum atomic E-state index is -0.741. The molecule has 0 aromatic heterocycles. The molecule has 1 saturated heterocycles. The van der Waals surface area contributed by atoms with Crippen LogP contribution in [0.1, 0.15) is 23.6 Å². The van der Waals surface area contributed by atoms with Crippen molar-refractivity contribution in [2.45, 2.75) is 20.0 Å². The highest BCUT2D eigenvalue weighted by molar-refractivity contribution is 7.80. The van der Waals surface area contributed by atoms with Crippen molar-refractivity contribution in [1.29, 1.82) is 0 Å². The van der Waals surface area contributed by atoms with Gasteiger partial charge in [-0.25, -0.2) is 9.29 Å². The summed E-state index contributed by atoms with van der Waals surface area (Å²) >= 11 is 11.1. The largest absolute Gasteiger partial charge is 0.490 e. The number of amides is 2. The minimum Gasteiger partial charge on any atom is -0.490 e. The van der Waals surface area contributed by atoms with E-state index in [4.69, 9.17) is 33.3 Å². The summed E-state index contributed by atoms with van der Waals surface area (Å²) in [6.07, 6.45) is 3.58. The maximum atomic E-state index is 14.5. The Hall–Kier alpha value is -4.01. The molecule has 0 bridgehead atoms. The number of hydrogen-bond donors (Lipinski definition) is 1. The molecule has 1 heterocycles. The molecule has 6 nitrogen and oxygen atoms in total. The van der Waals surface area contributed by atoms with E-state index < -0.39 is 17.6 Å². The summed E-state index contributed by atoms with van der Waals surface area (Å²) in [6.45, 7) is 6.31. The Kier molecular flexibility index (Phi) is 8.55. The van der Waals surface area contributed by atoms with Crippen molar-refractivity contribution >= 4 is 52.5 Å². The van der Waals surface area contributed by atoms with Crippen LogP contribution in [0.5, 0.6) is 11.5 Å². The lowest BCUT2D eigenvalue weighted by atomic mass is 10.0. The fourth-order valence-corrected chi connectivity index (χ4v) is 4.31. The Morgan fingerprint density at radius 3 is 2.53 bits per heavy atom. The molecule has 0 atom stereocenters. The predicted molar refractivity (Wildman–Crippen MR) is 150 cm³/mol. The Morgan fingerprint density at radius 1 is 1.11 bits per heavy atom. The highest BCUT2D eigenvalue weighted by Gasteiger charge is 2.35. The summed E-state index contributed by atoms with van der Waals surface area (Å²) in [6, 6.07) is 16.5. The third-order valence-electron chi connectivity index (χ3n) is 5.62. The van der Waals surface area contributed by atoms with E-state index in [1.807, 2.05) is 19.1 Å². The second kappa shape index (κ2) is 12.0. The van der Waals surface area contributed by atoms with Crippen LogP contribution in [-0.4, -0.2) is 23.5 Å². The summed E-state index contributed by atoms with van der Waals surface area (Å²) in [4.78, 5) is 27.1. The van der Waals surface area contributed by atoms with Gasteiger partial charge in [-0.2, -0.15) is 0 Å². The van der Waals surface area contributed by atoms with Gasteiger partial charge in [0.15, 0.2) is 16.6 Å². The number of hydrogen-bond acceptors (Lipinski definition) is 5. The van der Waals surface area contributed by atoms with E-state index in [2.05, 4.69) is 11.9 Å². The summed E-state index contributed by atoms with van der Waals surface area (Å²) in [7, 11) is 0. The zero-order chi connectivity index (χ0) is 27.2. The molecule has 0 spiro atoms. The second-order valence-electron chi connectivity index (χ2n) is 8.26. The second-order valence-corrected chi connectivity index (χ2v) is 9.08. The fourth-order valence-electron chi connectivity index (χ4n) is 3.91. The first-order chi connectivity index (χ1) is 18.3. The van der Waals surface area contributed by atoms with Gasteiger partial charge >= 0.3 is 0 Å². The molecule has 1 aliphatic heterocycles. The smallest absolute Gasteiger partial charge is 0.270 e. The number of rotatable bonds is 9. The molecule has 0 radical (unpaired) electrons. The van der Waals surface area contributed by atoms with Gasteiger partial charge in [0.2, 0.25) is 0 Å². The predicted octanol–water partition coefficient (Wildman–Crippen LogP) is 6.02. The molecule has 0 unspecified atom stereocenters. The third-order valence-corrected chi connectivity index (χ3v) is 6.16. The van der Waals surface area contributed by atoms with Crippen LogP contribution in [0.25, 0.3) is 6.08 Å². The number of benzene rings is 3. The first-order valence-electron chi connectivity index (χ1n) is 11.8. The average molecular weight is 551 g/mol. The topological polar surface area (TPSA) is 67.9 Å². The molecule has 3 aromatic carbocycles. The first-order valence-corrected chi connectivity index (χ1v) is 12.5. The van der Waals surface area contributed by atoms with Crippen molar-refractivity contribution in [1.82, 2.24) is 5.32 Å². The maximum Gasteiger partial charge on any atom is 0.270 e. The number of nitrogens with zero attached hydrogens (tertiary/aromatic N) is 1. The third kappa shape index (κ3) is 5.93. The molecule has 2 amide bonds. The van der Waals surface area contributed by atoms with E-state index >= 15 is 0 Å². The van der Waals surface area contributed by atoms with E-state index in [-0.39, 0.29) is 23.0 Å². The van der Waals surface area contributed by atoms with Gasteiger partial charge in [-0.1, -0.05) is 41.9 Å². The number of halogens is 2. The quantitative estimate of drug-likeness (QED) is 0.153. The van der Waals surface area contributed by atoms with Crippen molar-refractivity contribution in [2.75, 3.05) is 11.5 Å². The summed E-state index contributed by atoms with van der Waals surface area (Å²) < 4.78 is 26.5. The highest BCUT2D eigenvalue weighted by Crippen LogP contribution is 2.36. The molecule has 194 valence electrons. The van der Waals surface area contributed by atoms with Crippen LogP contribution in [0.3, 0.4) is 0 Å². The maximum absolute atomic E-state index is 14.5. The summed E-state index contributed by atoms with van der Waals surface area (Å²) in [5.41, 5.74) is 1.92. The number of para-hydroxylation sites is 1. The van der Waals surface area contributed by atoms with Crippen LogP contribution >= 0.6 is 23.8 Å². The number of ether oxygens (including phenoxy) is 2. The molecule has 4 rings (SSSR count). The average Bonchev–Trinajstić information content (AvgIpc) is 2.88. The van der Waals surface area contributed by atoms with Gasteiger partial charge in [0.25, 0.3) is 11.8 Å². The van der Waals surface area contributed by atoms with Crippen LogP contribution < -0.4 is 19.7 Å². The standard InChI is InChI=1S/C29H24ClFN2O4S/c1-3-7-20-14-19(16-25(36-4-2)26(20)37-17-18-10-12-21(30)13-11-18)15-22-27(34)32-29(38)33(28(22)35)24-9-6-5-8-23(24)31/h3,5-6,8-16H,1,4,7,17H2,2H3,(H,32,34,38)/b22-15+. The molecular weight excluding hydrogens is 527 g/mol. The molecule has 9 heteroatoms. The van der Waals surface area contributed by atoms with Gasteiger partial charge in [0.1, 0.15) is 18.0 Å². The minimum absolute atomic E-state index is 0.0540. The normalized spacial score (nSPS) is 14.4. The lowest BCUT2D eigenvalue weighted by molar-refractivity contribution is -0.122. The van der Waals surface area contributed by atoms with E-state index in [9.17, 15) is 14.0 Å². The number of nitrogens with one attached hydrogen (secondary N) is 1. The Morgan fingerprint density at radius 2 is 1.84 bits per heavy atom. The fraction of sp³-hybridized carbons (Fsp3) is 0.138. The van der Waals surface area contributed by atoms with Gasteiger partial charge < -0.3 is 9.47 Å². The zero-order valence-electron chi connectivity index (χ0n) is 20.5. The van der Waals surface area contributed by atoms with Crippen LogP contribution in [0.4, 0.5) is 10.1 Å². The number of allylic oxidation sites excluding steroid dienone is 1. The molecule has 0 saturated carbocycles. The van der Waals surface area contributed by atoms with E-state index in [1.165, 1.54) is 24.3 Å². The van der Waals surface area contributed by atoms with Crippen LogP contribution in [0, 0.1) is 5.82 Å². The Bertz CT molecular complexity index is 1440. The summed E-state index contributed by atoms with van der Waals surface area (Å²) in [5.74, 6) is -1.10. The molecule has 0 aliphatic carbocycles. The Labute approximate surface area is 230 Å². The molecule has 1 N–H and O–H groups in total. The molecule has 1 aliphatic rings. The zero-order valence-corrected chi connectivity index (χ0v) is 22.1. The monoisotopic (exact) mass is 550 g/mol. The molecular formula is C29H24ClFN2O4S. The number of anilines is 1. The Balaban J connectivity index is 1.72. The SMILES string of the molecule is C=CCc1cc(/C=C2\C(=O)NC(=S)N(c3ccccc3F)C2=O)cc(OCC)c1OCc1ccc(Cl)cc1. The van der Waals surface area contributed by atoms with Crippen molar-refractivity contribution in [3.05, 3.63) is 106 Å². The number of carbonyl (C=O) groups is 2. The van der Waals surface area contributed by atoms with Crippen LogP contribution in [0.2, 0.25) is 5.02 Å².